The molecular formula is C20H26N2O3. The molecule has 2 fully saturated rings. The third-order valence-electron chi connectivity index (χ3n) is 6.54. The van der Waals surface area contributed by atoms with Crippen LogP contribution in [0.4, 0.5) is 0 Å². The average Bonchev–Trinajstić information content (AvgIpc) is 3.34. The van der Waals surface area contributed by atoms with Gasteiger partial charge in [-0.3, -0.25) is 4.79 Å². The van der Waals surface area contributed by atoms with Crippen LogP contribution >= 0.6 is 0 Å². The minimum Gasteiger partial charge on any atom is -0.497 e. The topological polar surface area (TPSA) is 63.5 Å². The van der Waals surface area contributed by atoms with E-state index in [1.807, 2.05) is 36.7 Å². The number of methoxy groups -OCH3 is 1. The zero-order chi connectivity index (χ0) is 17.8. The van der Waals surface area contributed by atoms with Crippen LogP contribution in [-0.4, -0.2) is 34.8 Å². The summed E-state index contributed by atoms with van der Waals surface area (Å²) >= 11 is 0. The molecule has 1 aromatic heterocycles. The van der Waals surface area contributed by atoms with Crippen molar-refractivity contribution in [2.75, 3.05) is 13.7 Å². The highest BCUT2D eigenvalue weighted by atomic mass is 16.5. The summed E-state index contributed by atoms with van der Waals surface area (Å²) in [6, 6.07) is 5.82. The van der Waals surface area contributed by atoms with Crippen molar-refractivity contribution in [1.82, 2.24) is 9.88 Å². The molecule has 2 N–H and O–H groups in total. The first kappa shape index (κ1) is 16.5. The van der Waals surface area contributed by atoms with Crippen LogP contribution in [0.3, 0.4) is 0 Å². The van der Waals surface area contributed by atoms with E-state index in [0.717, 1.165) is 54.5 Å². The lowest BCUT2D eigenvalue weighted by Crippen LogP contribution is -2.50. The summed E-state index contributed by atoms with van der Waals surface area (Å²) in [4.78, 5) is 13.0. The number of amides is 1. The number of aliphatic hydroxyl groups is 1. The van der Waals surface area contributed by atoms with E-state index in [4.69, 9.17) is 4.74 Å². The Bertz CT molecular complexity index is 844. The molecule has 4 rings (SSSR count). The van der Waals surface area contributed by atoms with Crippen molar-refractivity contribution in [1.29, 1.82) is 0 Å². The van der Waals surface area contributed by atoms with Gasteiger partial charge in [0.15, 0.2) is 0 Å². The second-order valence-corrected chi connectivity index (χ2v) is 7.75. The van der Waals surface area contributed by atoms with Crippen molar-refractivity contribution >= 4 is 16.8 Å². The van der Waals surface area contributed by atoms with Crippen molar-refractivity contribution in [2.45, 2.75) is 44.6 Å². The van der Waals surface area contributed by atoms with Crippen LogP contribution in [0.25, 0.3) is 10.9 Å². The van der Waals surface area contributed by atoms with Crippen molar-refractivity contribution in [3.63, 3.8) is 0 Å². The first-order valence-electron chi connectivity index (χ1n) is 9.04. The van der Waals surface area contributed by atoms with Crippen LogP contribution in [0.15, 0.2) is 18.2 Å². The Balaban J connectivity index is 1.61. The van der Waals surface area contributed by atoms with Crippen LogP contribution in [0.5, 0.6) is 5.75 Å². The van der Waals surface area contributed by atoms with Gasteiger partial charge in [0, 0.05) is 35.6 Å². The molecule has 0 aliphatic heterocycles. The van der Waals surface area contributed by atoms with E-state index in [0.29, 0.717) is 12.1 Å². The van der Waals surface area contributed by atoms with Crippen LogP contribution in [0, 0.1) is 12.3 Å². The minimum atomic E-state index is -0.558. The molecule has 0 spiro atoms. The fourth-order valence-corrected chi connectivity index (χ4v) is 4.30. The highest BCUT2D eigenvalue weighted by Gasteiger charge is 2.60. The summed E-state index contributed by atoms with van der Waals surface area (Å²) in [6.45, 7) is 2.52. The number of rotatable bonds is 5. The standard InChI is InChI=1S/C20H26N2O3/c1-13-17(15-11-14(25-3)5-6-16(15)22(13)2)18(23)21-12-19(9-10-19)20(24)7-4-8-20/h5-6,11,24H,4,7-10,12H2,1-3H3,(H,21,23). The van der Waals surface area contributed by atoms with Gasteiger partial charge in [0.05, 0.1) is 18.3 Å². The Labute approximate surface area is 148 Å². The number of carbonyl (C=O) groups is 1. The zero-order valence-corrected chi connectivity index (χ0v) is 15.2. The van der Waals surface area contributed by atoms with Crippen molar-refractivity contribution in [3.05, 3.63) is 29.5 Å². The maximum atomic E-state index is 13.0. The Morgan fingerprint density at radius 2 is 2.04 bits per heavy atom. The predicted octanol–water partition coefficient (Wildman–Crippen LogP) is 2.92. The van der Waals surface area contributed by atoms with Crippen LogP contribution in [-0.2, 0) is 7.05 Å². The number of hydrogen-bond donors (Lipinski definition) is 2. The van der Waals surface area contributed by atoms with Gasteiger partial charge < -0.3 is 19.7 Å². The molecule has 5 nitrogen and oxygen atoms in total. The van der Waals surface area contributed by atoms with Gasteiger partial charge in [-0.2, -0.15) is 0 Å². The van der Waals surface area contributed by atoms with Crippen LogP contribution < -0.4 is 10.1 Å². The highest BCUT2D eigenvalue weighted by Crippen LogP contribution is 2.60. The Morgan fingerprint density at radius 3 is 2.60 bits per heavy atom. The van der Waals surface area contributed by atoms with Crippen LogP contribution in [0.1, 0.15) is 48.2 Å². The molecule has 25 heavy (non-hydrogen) atoms. The number of aryl methyl sites for hydroxylation is 1. The largest absolute Gasteiger partial charge is 0.497 e. The highest BCUT2D eigenvalue weighted by molar-refractivity contribution is 6.08. The number of fused-ring (bicyclic) bond motifs is 1. The number of benzene rings is 1. The van der Waals surface area contributed by atoms with E-state index in [1.165, 1.54) is 0 Å². The summed E-state index contributed by atoms with van der Waals surface area (Å²) in [6.07, 6.45) is 4.84. The van der Waals surface area contributed by atoms with Gasteiger partial charge in [-0.1, -0.05) is 0 Å². The molecule has 2 aliphatic carbocycles. The lowest BCUT2D eigenvalue weighted by molar-refractivity contribution is -0.0947. The molecule has 2 aromatic rings. The van der Waals surface area contributed by atoms with E-state index in [2.05, 4.69) is 5.32 Å². The number of ether oxygens (including phenoxy) is 1. The Morgan fingerprint density at radius 1 is 1.32 bits per heavy atom. The molecule has 0 saturated heterocycles. The molecule has 0 bridgehead atoms. The lowest BCUT2D eigenvalue weighted by Gasteiger charge is -2.44. The normalized spacial score (nSPS) is 20.2. The molecule has 2 aliphatic rings. The molecular weight excluding hydrogens is 316 g/mol. The summed E-state index contributed by atoms with van der Waals surface area (Å²) in [5, 5.41) is 14.7. The zero-order valence-electron chi connectivity index (χ0n) is 15.2. The molecule has 5 heteroatoms. The average molecular weight is 342 g/mol. The molecule has 1 amide bonds. The number of nitrogens with zero attached hydrogens (tertiary/aromatic N) is 1. The smallest absolute Gasteiger partial charge is 0.253 e. The van der Waals surface area contributed by atoms with E-state index in [1.54, 1.807) is 7.11 Å². The number of hydrogen-bond acceptors (Lipinski definition) is 3. The van der Waals surface area contributed by atoms with E-state index in [-0.39, 0.29) is 11.3 Å². The lowest BCUT2D eigenvalue weighted by atomic mass is 9.69. The second kappa shape index (κ2) is 5.49. The van der Waals surface area contributed by atoms with Crippen LogP contribution in [0.2, 0.25) is 0 Å². The SMILES string of the molecule is COc1ccc2c(c1)c(C(=O)NCC1(C3(O)CCC3)CC1)c(C)n2C. The predicted molar refractivity (Wildman–Crippen MR) is 97.0 cm³/mol. The molecule has 0 radical (unpaired) electrons. The van der Waals surface area contributed by atoms with Gasteiger partial charge >= 0.3 is 0 Å². The van der Waals surface area contributed by atoms with Crippen molar-refractivity contribution in [2.24, 2.45) is 12.5 Å². The number of nitrogens with one attached hydrogen (secondary N) is 1. The summed E-state index contributed by atoms with van der Waals surface area (Å²) < 4.78 is 7.36. The van der Waals surface area contributed by atoms with Crippen molar-refractivity contribution < 1.29 is 14.6 Å². The molecule has 0 atom stereocenters. The van der Waals surface area contributed by atoms with E-state index in [9.17, 15) is 9.90 Å². The minimum absolute atomic E-state index is 0.0643. The van der Waals surface area contributed by atoms with Gasteiger partial charge in [-0.05, 0) is 57.2 Å². The molecule has 1 aromatic carbocycles. The fourth-order valence-electron chi connectivity index (χ4n) is 4.30. The van der Waals surface area contributed by atoms with Gasteiger partial charge in [0.25, 0.3) is 5.91 Å². The monoisotopic (exact) mass is 342 g/mol. The van der Waals surface area contributed by atoms with Crippen molar-refractivity contribution in [3.8, 4) is 5.75 Å². The number of carbonyl (C=O) groups excluding carboxylic acids is 1. The third-order valence-corrected chi connectivity index (χ3v) is 6.54. The van der Waals surface area contributed by atoms with Gasteiger partial charge in [-0.25, -0.2) is 0 Å². The number of aromatic nitrogens is 1. The molecule has 1 heterocycles. The Kier molecular flexibility index (Phi) is 3.62. The summed E-state index contributed by atoms with van der Waals surface area (Å²) in [5.74, 6) is 0.681. The van der Waals surface area contributed by atoms with Gasteiger partial charge in [0.2, 0.25) is 0 Å². The molecule has 134 valence electrons. The van der Waals surface area contributed by atoms with E-state index < -0.39 is 5.60 Å². The summed E-state index contributed by atoms with van der Waals surface area (Å²) in [5.41, 5.74) is 2.00. The quantitative estimate of drug-likeness (QED) is 0.878. The maximum Gasteiger partial charge on any atom is 0.253 e. The first-order valence-corrected chi connectivity index (χ1v) is 9.04. The first-order chi connectivity index (χ1) is 11.9. The molecule has 0 unspecified atom stereocenters. The summed E-state index contributed by atoms with van der Waals surface area (Å²) in [7, 11) is 3.60. The second-order valence-electron chi connectivity index (χ2n) is 7.75. The van der Waals surface area contributed by atoms with Gasteiger partial charge in [0.1, 0.15) is 5.75 Å². The Hall–Kier alpha value is -2.01. The fraction of sp³-hybridized carbons (Fsp3) is 0.550. The third kappa shape index (κ3) is 2.36. The molecule has 2 saturated carbocycles. The maximum absolute atomic E-state index is 13.0. The van der Waals surface area contributed by atoms with Gasteiger partial charge in [-0.15, -0.1) is 0 Å². The van der Waals surface area contributed by atoms with E-state index >= 15 is 0 Å².